The van der Waals surface area contributed by atoms with E-state index in [0.717, 1.165) is 11.1 Å². The zero-order chi connectivity index (χ0) is 13.1. The summed E-state index contributed by atoms with van der Waals surface area (Å²) in [6, 6.07) is 9.93. The standard InChI is InChI=1S/C14H9Br2FO/c15-12-7-10(8-13(16)14(12)18)5-4-9-2-1-3-11(17)6-9/h1-8,18H/b5-4+. The number of rotatable bonds is 2. The first-order valence-electron chi connectivity index (χ1n) is 5.18. The van der Waals surface area contributed by atoms with E-state index in [4.69, 9.17) is 0 Å². The van der Waals surface area contributed by atoms with Crippen molar-refractivity contribution in [3.63, 3.8) is 0 Å². The molecule has 0 fully saturated rings. The molecule has 1 nitrogen and oxygen atoms in total. The van der Waals surface area contributed by atoms with E-state index in [-0.39, 0.29) is 11.6 Å². The lowest BCUT2D eigenvalue weighted by Crippen LogP contribution is -1.78. The second-order valence-corrected chi connectivity index (χ2v) is 5.43. The Bertz CT molecular complexity index is 585. The number of phenols is 1. The van der Waals surface area contributed by atoms with Gasteiger partial charge in [0.2, 0.25) is 0 Å². The summed E-state index contributed by atoms with van der Waals surface area (Å²) >= 11 is 6.52. The van der Waals surface area contributed by atoms with Crippen LogP contribution in [0, 0.1) is 5.82 Å². The Balaban J connectivity index is 2.29. The first-order chi connectivity index (χ1) is 8.56. The topological polar surface area (TPSA) is 20.2 Å². The van der Waals surface area contributed by atoms with Crippen LogP contribution >= 0.6 is 31.9 Å². The van der Waals surface area contributed by atoms with Crippen molar-refractivity contribution >= 4 is 44.0 Å². The van der Waals surface area contributed by atoms with Crippen LogP contribution in [0.4, 0.5) is 4.39 Å². The summed E-state index contributed by atoms with van der Waals surface area (Å²) in [5.41, 5.74) is 1.69. The van der Waals surface area contributed by atoms with E-state index in [0.29, 0.717) is 8.95 Å². The molecule has 0 radical (unpaired) electrons. The van der Waals surface area contributed by atoms with E-state index in [9.17, 15) is 9.50 Å². The predicted octanol–water partition coefficient (Wildman–Crippen LogP) is 5.23. The van der Waals surface area contributed by atoms with Gasteiger partial charge in [0.1, 0.15) is 11.6 Å². The van der Waals surface area contributed by atoms with E-state index in [1.165, 1.54) is 12.1 Å². The molecule has 18 heavy (non-hydrogen) atoms. The number of aromatic hydroxyl groups is 1. The molecule has 0 bridgehead atoms. The van der Waals surface area contributed by atoms with Crippen LogP contribution in [0.1, 0.15) is 11.1 Å². The van der Waals surface area contributed by atoms with Gasteiger partial charge in [-0.25, -0.2) is 4.39 Å². The minimum absolute atomic E-state index is 0.165. The summed E-state index contributed by atoms with van der Waals surface area (Å²) in [6.07, 6.45) is 3.66. The van der Waals surface area contributed by atoms with Gasteiger partial charge in [0.05, 0.1) is 8.95 Å². The molecule has 0 saturated carbocycles. The Hall–Kier alpha value is -1.13. The molecule has 0 aromatic heterocycles. The molecule has 2 aromatic carbocycles. The van der Waals surface area contributed by atoms with E-state index in [1.54, 1.807) is 18.2 Å². The van der Waals surface area contributed by atoms with E-state index in [1.807, 2.05) is 18.2 Å². The Labute approximate surface area is 121 Å². The normalized spacial score (nSPS) is 11.1. The smallest absolute Gasteiger partial charge is 0.143 e. The van der Waals surface area contributed by atoms with Crippen molar-refractivity contribution in [1.82, 2.24) is 0 Å². The largest absolute Gasteiger partial charge is 0.506 e. The van der Waals surface area contributed by atoms with E-state index >= 15 is 0 Å². The van der Waals surface area contributed by atoms with Crippen molar-refractivity contribution in [2.45, 2.75) is 0 Å². The monoisotopic (exact) mass is 370 g/mol. The van der Waals surface area contributed by atoms with Gasteiger partial charge < -0.3 is 5.11 Å². The number of phenolic OH excluding ortho intramolecular Hbond substituents is 1. The van der Waals surface area contributed by atoms with Gasteiger partial charge in [-0.05, 0) is 67.3 Å². The summed E-state index contributed by atoms with van der Waals surface area (Å²) in [6.45, 7) is 0. The molecular weight excluding hydrogens is 363 g/mol. The van der Waals surface area contributed by atoms with Crippen LogP contribution in [-0.2, 0) is 0 Å². The maximum absolute atomic E-state index is 13.0. The summed E-state index contributed by atoms with van der Waals surface area (Å²) in [7, 11) is 0. The third-order valence-corrected chi connectivity index (χ3v) is 3.57. The van der Waals surface area contributed by atoms with Crippen LogP contribution in [0.5, 0.6) is 5.75 Å². The summed E-state index contributed by atoms with van der Waals surface area (Å²) in [5, 5.41) is 9.58. The quantitative estimate of drug-likeness (QED) is 0.717. The maximum Gasteiger partial charge on any atom is 0.143 e. The minimum atomic E-state index is -0.259. The van der Waals surface area contributed by atoms with Crippen LogP contribution in [0.3, 0.4) is 0 Å². The Kier molecular flexibility index (Phi) is 4.19. The van der Waals surface area contributed by atoms with Gasteiger partial charge in [-0.15, -0.1) is 0 Å². The highest BCUT2D eigenvalue weighted by atomic mass is 79.9. The summed E-state index contributed by atoms with van der Waals surface area (Å²) in [4.78, 5) is 0. The lowest BCUT2D eigenvalue weighted by molar-refractivity contribution is 0.468. The summed E-state index contributed by atoms with van der Waals surface area (Å²) in [5.74, 6) is -0.0943. The van der Waals surface area contributed by atoms with Crippen LogP contribution in [0.25, 0.3) is 12.2 Å². The molecule has 92 valence electrons. The first kappa shape index (κ1) is 13.3. The zero-order valence-electron chi connectivity index (χ0n) is 9.20. The Morgan fingerprint density at radius 2 is 1.56 bits per heavy atom. The highest BCUT2D eigenvalue weighted by Crippen LogP contribution is 2.33. The Morgan fingerprint density at radius 1 is 0.944 bits per heavy atom. The van der Waals surface area contributed by atoms with Crippen molar-refractivity contribution in [3.8, 4) is 5.75 Å². The van der Waals surface area contributed by atoms with Crippen molar-refractivity contribution in [2.75, 3.05) is 0 Å². The van der Waals surface area contributed by atoms with Gasteiger partial charge in [-0.2, -0.15) is 0 Å². The number of hydrogen-bond acceptors (Lipinski definition) is 1. The highest BCUT2D eigenvalue weighted by molar-refractivity contribution is 9.11. The lowest BCUT2D eigenvalue weighted by atomic mass is 10.1. The SMILES string of the molecule is Oc1c(Br)cc(/C=C/c2cccc(F)c2)cc1Br. The molecule has 0 aliphatic carbocycles. The molecule has 0 aliphatic heterocycles. The van der Waals surface area contributed by atoms with Gasteiger partial charge in [-0.1, -0.05) is 24.3 Å². The van der Waals surface area contributed by atoms with E-state index in [2.05, 4.69) is 31.9 Å². The van der Waals surface area contributed by atoms with Gasteiger partial charge in [0.15, 0.2) is 0 Å². The summed E-state index contributed by atoms with van der Waals surface area (Å²) < 4.78 is 14.2. The molecular formula is C14H9Br2FO. The molecule has 0 atom stereocenters. The predicted molar refractivity (Wildman–Crippen MR) is 78.8 cm³/mol. The fourth-order valence-corrected chi connectivity index (χ4v) is 2.71. The first-order valence-corrected chi connectivity index (χ1v) is 6.76. The second kappa shape index (κ2) is 5.67. The van der Waals surface area contributed by atoms with E-state index < -0.39 is 0 Å². The second-order valence-electron chi connectivity index (χ2n) is 3.72. The lowest BCUT2D eigenvalue weighted by Gasteiger charge is -2.02. The number of halogens is 3. The third kappa shape index (κ3) is 3.21. The van der Waals surface area contributed by atoms with Gasteiger partial charge >= 0.3 is 0 Å². The zero-order valence-corrected chi connectivity index (χ0v) is 12.4. The van der Waals surface area contributed by atoms with Crippen LogP contribution in [0.2, 0.25) is 0 Å². The fourth-order valence-electron chi connectivity index (χ4n) is 1.48. The molecule has 2 rings (SSSR count). The van der Waals surface area contributed by atoms with Crippen molar-refractivity contribution in [1.29, 1.82) is 0 Å². The molecule has 2 aromatic rings. The van der Waals surface area contributed by atoms with Gasteiger partial charge in [0.25, 0.3) is 0 Å². The molecule has 1 N–H and O–H groups in total. The average molecular weight is 372 g/mol. The molecule has 4 heteroatoms. The van der Waals surface area contributed by atoms with Crippen LogP contribution < -0.4 is 0 Å². The van der Waals surface area contributed by atoms with Crippen LogP contribution in [-0.4, -0.2) is 5.11 Å². The molecule has 0 saturated heterocycles. The molecule has 0 aliphatic rings. The van der Waals surface area contributed by atoms with Gasteiger partial charge in [0, 0.05) is 0 Å². The molecule has 0 amide bonds. The van der Waals surface area contributed by atoms with Crippen molar-refractivity contribution in [2.24, 2.45) is 0 Å². The number of hydrogen-bond donors (Lipinski definition) is 1. The fraction of sp³-hybridized carbons (Fsp3) is 0. The van der Waals surface area contributed by atoms with Gasteiger partial charge in [-0.3, -0.25) is 0 Å². The highest BCUT2D eigenvalue weighted by Gasteiger charge is 2.03. The van der Waals surface area contributed by atoms with Crippen LogP contribution in [0.15, 0.2) is 45.3 Å². The Morgan fingerprint density at radius 3 is 2.17 bits per heavy atom. The maximum atomic E-state index is 13.0. The molecule has 0 unspecified atom stereocenters. The molecule has 0 heterocycles. The van der Waals surface area contributed by atoms with Crippen molar-refractivity contribution in [3.05, 3.63) is 62.3 Å². The third-order valence-electron chi connectivity index (χ3n) is 2.36. The number of benzene rings is 2. The minimum Gasteiger partial charge on any atom is -0.506 e. The average Bonchev–Trinajstić information content (AvgIpc) is 2.33. The molecule has 0 spiro atoms. The van der Waals surface area contributed by atoms with Crippen molar-refractivity contribution < 1.29 is 9.50 Å².